The van der Waals surface area contributed by atoms with Gasteiger partial charge in [0.25, 0.3) is 5.56 Å². The summed E-state index contributed by atoms with van der Waals surface area (Å²) in [6.45, 7) is 2.61. The Bertz CT molecular complexity index is 1220. The van der Waals surface area contributed by atoms with Crippen LogP contribution in [-0.2, 0) is 6.54 Å². The lowest BCUT2D eigenvalue weighted by molar-refractivity contribution is 0.411. The second kappa shape index (κ2) is 8.26. The van der Waals surface area contributed by atoms with Gasteiger partial charge in [0, 0.05) is 10.8 Å². The second-order valence-electron chi connectivity index (χ2n) is 6.38. The molecule has 4 aromatic rings. The number of hydrogen-bond donors (Lipinski definition) is 0. The summed E-state index contributed by atoms with van der Waals surface area (Å²) < 4.78 is 8.86. The zero-order chi connectivity index (χ0) is 20.4. The molecule has 0 unspecified atom stereocenters. The fourth-order valence-corrected chi connectivity index (χ4v) is 4.10. The largest absolute Gasteiger partial charge is 0.495 e. The molecule has 29 heavy (non-hydrogen) atoms. The molecule has 0 bridgehead atoms. The predicted octanol–water partition coefficient (Wildman–Crippen LogP) is 3.74. The van der Waals surface area contributed by atoms with E-state index in [1.807, 2.05) is 25.1 Å². The Balaban J connectivity index is 1.86. The molecule has 0 saturated heterocycles. The van der Waals surface area contributed by atoms with Crippen LogP contribution in [0.15, 0.2) is 59.0 Å². The number of halogens is 1. The van der Waals surface area contributed by atoms with E-state index in [0.29, 0.717) is 44.8 Å². The molecule has 0 amide bonds. The van der Waals surface area contributed by atoms with E-state index in [1.165, 1.54) is 18.1 Å². The first kappa shape index (κ1) is 19.5. The van der Waals surface area contributed by atoms with Crippen molar-refractivity contribution in [1.29, 1.82) is 0 Å². The smallest absolute Gasteiger partial charge is 0.266 e. The van der Waals surface area contributed by atoms with Crippen LogP contribution in [0.4, 0.5) is 0 Å². The lowest BCUT2D eigenvalue weighted by atomic mass is 10.2. The second-order valence-corrected chi connectivity index (χ2v) is 7.88. The van der Waals surface area contributed by atoms with Gasteiger partial charge in [0.05, 0.1) is 30.2 Å². The number of benzene rings is 2. The van der Waals surface area contributed by atoms with Crippen LogP contribution in [0.5, 0.6) is 5.75 Å². The number of aryl methyl sites for hydroxylation is 2. The van der Waals surface area contributed by atoms with Crippen LogP contribution in [0.3, 0.4) is 0 Å². The van der Waals surface area contributed by atoms with Crippen LogP contribution in [0.2, 0.25) is 5.02 Å². The summed E-state index contributed by atoms with van der Waals surface area (Å²) in [6.07, 6.45) is 3.15. The number of thioether (sulfide) groups is 1. The van der Waals surface area contributed by atoms with Crippen LogP contribution in [0.1, 0.15) is 5.56 Å². The summed E-state index contributed by atoms with van der Waals surface area (Å²) in [7, 11) is 1.59. The molecule has 2 heterocycles. The van der Waals surface area contributed by atoms with Gasteiger partial charge in [-0.2, -0.15) is 5.10 Å². The molecule has 0 saturated carbocycles. The molecule has 2 aromatic carbocycles. The molecular weight excluding hydrogens is 410 g/mol. The number of fused-ring (bicyclic) bond motifs is 1. The van der Waals surface area contributed by atoms with Gasteiger partial charge in [0.1, 0.15) is 18.4 Å². The van der Waals surface area contributed by atoms with Gasteiger partial charge in [-0.1, -0.05) is 29.4 Å². The summed E-state index contributed by atoms with van der Waals surface area (Å²) in [5.74, 6) is 1.27. The summed E-state index contributed by atoms with van der Waals surface area (Å²) in [5.41, 5.74) is 2.07. The Morgan fingerprint density at radius 2 is 2.07 bits per heavy atom. The van der Waals surface area contributed by atoms with E-state index in [2.05, 4.69) is 10.1 Å². The van der Waals surface area contributed by atoms with Gasteiger partial charge in [-0.3, -0.25) is 14.0 Å². The van der Waals surface area contributed by atoms with E-state index in [0.717, 1.165) is 5.56 Å². The van der Waals surface area contributed by atoms with Crippen LogP contribution in [-0.4, -0.2) is 37.2 Å². The summed E-state index contributed by atoms with van der Waals surface area (Å²) in [4.78, 5) is 22.1. The van der Waals surface area contributed by atoms with Crippen molar-refractivity contribution in [2.45, 2.75) is 18.6 Å². The Morgan fingerprint density at radius 3 is 2.83 bits per heavy atom. The monoisotopic (exact) mass is 427 g/mol. The number of methoxy groups -OCH3 is 1. The van der Waals surface area contributed by atoms with Crippen molar-refractivity contribution in [2.75, 3.05) is 12.9 Å². The Hall–Kier alpha value is -2.84. The Labute approximate surface area is 176 Å². The highest BCUT2D eigenvalue weighted by molar-refractivity contribution is 7.99. The third-order valence-corrected chi connectivity index (χ3v) is 5.55. The average Bonchev–Trinajstić information content (AvgIpc) is 3.21. The number of nitrogens with zero attached hydrogens (tertiary/aromatic N) is 5. The van der Waals surface area contributed by atoms with Crippen molar-refractivity contribution in [2.24, 2.45) is 0 Å². The molecular formula is C20H18ClN5O2S. The van der Waals surface area contributed by atoms with Crippen molar-refractivity contribution in [1.82, 2.24) is 24.3 Å². The lowest BCUT2D eigenvalue weighted by Gasteiger charge is -2.16. The van der Waals surface area contributed by atoms with Crippen LogP contribution < -0.4 is 10.3 Å². The quantitative estimate of drug-likeness (QED) is 0.344. The third kappa shape index (κ3) is 3.99. The fraction of sp³-hybridized carbons (Fsp3) is 0.200. The van der Waals surface area contributed by atoms with Gasteiger partial charge in [-0.15, -0.1) is 0 Å². The highest BCUT2D eigenvalue weighted by Crippen LogP contribution is 2.28. The summed E-state index contributed by atoms with van der Waals surface area (Å²) in [5, 5.41) is 5.71. The molecule has 0 aliphatic heterocycles. The maximum absolute atomic E-state index is 13.4. The van der Waals surface area contributed by atoms with E-state index in [-0.39, 0.29) is 5.56 Å². The molecule has 0 radical (unpaired) electrons. The van der Waals surface area contributed by atoms with Crippen molar-refractivity contribution < 1.29 is 4.74 Å². The first-order valence-corrected chi connectivity index (χ1v) is 10.3. The zero-order valence-electron chi connectivity index (χ0n) is 15.9. The van der Waals surface area contributed by atoms with Crippen molar-refractivity contribution in [3.63, 3.8) is 0 Å². The number of rotatable bonds is 6. The molecule has 0 fully saturated rings. The minimum atomic E-state index is -0.168. The SMILES string of the molecule is COc1ccc(C)cc1-n1c(SCCn2cncn2)nc2cc(Cl)ccc2c1=O. The molecule has 0 N–H and O–H groups in total. The number of aromatic nitrogens is 5. The van der Waals surface area contributed by atoms with Crippen molar-refractivity contribution >= 4 is 34.3 Å². The number of ether oxygens (including phenoxy) is 1. The molecule has 148 valence electrons. The Kier molecular flexibility index (Phi) is 5.55. The van der Waals surface area contributed by atoms with Gasteiger partial charge in [0.2, 0.25) is 0 Å². The summed E-state index contributed by atoms with van der Waals surface area (Å²) in [6, 6.07) is 10.8. The van der Waals surface area contributed by atoms with Crippen LogP contribution in [0.25, 0.3) is 16.6 Å². The first-order chi connectivity index (χ1) is 14.1. The Morgan fingerprint density at radius 1 is 1.21 bits per heavy atom. The van der Waals surface area contributed by atoms with E-state index in [1.54, 1.807) is 40.9 Å². The van der Waals surface area contributed by atoms with Crippen LogP contribution in [0, 0.1) is 6.92 Å². The van der Waals surface area contributed by atoms with Gasteiger partial charge >= 0.3 is 0 Å². The molecule has 0 spiro atoms. The molecule has 2 aromatic heterocycles. The minimum absolute atomic E-state index is 0.168. The number of hydrogen-bond acceptors (Lipinski definition) is 6. The first-order valence-electron chi connectivity index (χ1n) is 8.89. The van der Waals surface area contributed by atoms with Crippen molar-refractivity contribution in [3.8, 4) is 11.4 Å². The van der Waals surface area contributed by atoms with Gasteiger partial charge in [-0.05, 0) is 42.8 Å². The molecule has 4 rings (SSSR count). The van der Waals surface area contributed by atoms with E-state index >= 15 is 0 Å². The highest BCUT2D eigenvalue weighted by Gasteiger charge is 2.17. The van der Waals surface area contributed by atoms with E-state index in [9.17, 15) is 4.79 Å². The lowest BCUT2D eigenvalue weighted by Crippen LogP contribution is -2.22. The normalized spacial score (nSPS) is 11.1. The minimum Gasteiger partial charge on any atom is -0.495 e. The zero-order valence-corrected chi connectivity index (χ0v) is 17.4. The molecule has 0 aliphatic rings. The maximum Gasteiger partial charge on any atom is 0.266 e. The van der Waals surface area contributed by atoms with Crippen LogP contribution >= 0.6 is 23.4 Å². The van der Waals surface area contributed by atoms with E-state index < -0.39 is 0 Å². The topological polar surface area (TPSA) is 74.8 Å². The average molecular weight is 428 g/mol. The molecule has 0 atom stereocenters. The highest BCUT2D eigenvalue weighted by atomic mass is 35.5. The van der Waals surface area contributed by atoms with Gasteiger partial charge < -0.3 is 4.74 Å². The third-order valence-electron chi connectivity index (χ3n) is 4.39. The fourth-order valence-electron chi connectivity index (χ4n) is 3.00. The van der Waals surface area contributed by atoms with Gasteiger partial charge in [-0.25, -0.2) is 9.97 Å². The molecule has 0 aliphatic carbocycles. The standard InChI is InChI=1S/C20H18ClN5O2S/c1-13-3-6-18(28-2)17(9-13)26-19(27)15-5-4-14(21)10-16(15)24-20(26)29-8-7-25-12-22-11-23-25/h3-6,9-12H,7-8H2,1-2H3. The molecule has 7 nitrogen and oxygen atoms in total. The predicted molar refractivity (Wildman–Crippen MR) is 114 cm³/mol. The van der Waals surface area contributed by atoms with Crippen molar-refractivity contribution in [3.05, 3.63) is 70.0 Å². The molecule has 9 heteroatoms. The summed E-state index contributed by atoms with van der Waals surface area (Å²) >= 11 is 7.59. The maximum atomic E-state index is 13.4. The van der Waals surface area contributed by atoms with E-state index in [4.69, 9.17) is 21.3 Å². The van der Waals surface area contributed by atoms with Gasteiger partial charge in [0.15, 0.2) is 5.16 Å².